The summed E-state index contributed by atoms with van der Waals surface area (Å²) in [7, 11) is -3.59. The van der Waals surface area contributed by atoms with Gasteiger partial charge in [-0.15, -0.1) is 0 Å². The van der Waals surface area contributed by atoms with Crippen molar-refractivity contribution >= 4 is 15.8 Å². The van der Waals surface area contributed by atoms with Gasteiger partial charge in [0.05, 0.1) is 6.10 Å². The minimum atomic E-state index is -3.59. The largest absolute Gasteiger partial charge is 0.381 e. The highest BCUT2D eigenvalue weighted by Gasteiger charge is 2.21. The van der Waals surface area contributed by atoms with E-state index in [1.165, 1.54) is 10.9 Å². The molecule has 0 spiro atoms. The molecule has 0 saturated carbocycles. The molecule has 1 aliphatic rings. The monoisotopic (exact) mass is 302 g/mol. The van der Waals surface area contributed by atoms with Gasteiger partial charge in [0.1, 0.15) is 4.90 Å². The summed E-state index contributed by atoms with van der Waals surface area (Å²) in [5, 5.41) is 3.94. The minimum Gasteiger partial charge on any atom is -0.381 e. The van der Waals surface area contributed by atoms with Crippen LogP contribution in [0.4, 0.5) is 5.82 Å². The fourth-order valence-corrected chi connectivity index (χ4v) is 3.37. The van der Waals surface area contributed by atoms with Gasteiger partial charge in [-0.3, -0.25) is 4.68 Å². The van der Waals surface area contributed by atoms with Crippen molar-refractivity contribution in [3.8, 4) is 0 Å². The summed E-state index contributed by atoms with van der Waals surface area (Å²) in [6, 6.07) is 0. The normalized spacial score (nSPS) is 20.1. The number of nitrogens with one attached hydrogen (secondary N) is 1. The lowest BCUT2D eigenvalue weighted by Gasteiger charge is -2.22. The molecule has 8 heteroatoms. The summed E-state index contributed by atoms with van der Waals surface area (Å²) < 4.78 is 33.9. The molecule has 0 aromatic carbocycles. The van der Waals surface area contributed by atoms with E-state index in [9.17, 15) is 8.42 Å². The van der Waals surface area contributed by atoms with E-state index in [-0.39, 0.29) is 16.8 Å². The Hall–Kier alpha value is -1.12. The van der Waals surface area contributed by atoms with Crippen LogP contribution in [0.15, 0.2) is 11.1 Å². The Morgan fingerprint density at radius 1 is 1.55 bits per heavy atom. The summed E-state index contributed by atoms with van der Waals surface area (Å²) in [4.78, 5) is 0.0453. The van der Waals surface area contributed by atoms with Crippen molar-refractivity contribution in [3.63, 3.8) is 0 Å². The molecule has 0 aliphatic carbocycles. The molecule has 1 aromatic heterocycles. The molecule has 1 saturated heterocycles. The molecule has 0 bridgehead atoms. The molecule has 3 N–H and O–H groups in total. The van der Waals surface area contributed by atoms with Gasteiger partial charge in [-0.2, -0.15) is 5.10 Å². The number of nitrogens with zero attached hydrogens (tertiary/aromatic N) is 2. The average Bonchev–Trinajstić information content (AvgIpc) is 2.82. The Kier molecular flexibility index (Phi) is 5.00. The van der Waals surface area contributed by atoms with Gasteiger partial charge in [-0.25, -0.2) is 13.1 Å². The maximum atomic E-state index is 12.1. The van der Waals surface area contributed by atoms with Crippen LogP contribution in [0, 0.1) is 0 Å². The maximum Gasteiger partial charge on any atom is 0.245 e. The van der Waals surface area contributed by atoms with Crippen LogP contribution in [-0.4, -0.2) is 37.5 Å². The average molecular weight is 302 g/mol. The quantitative estimate of drug-likeness (QED) is 0.806. The Labute approximate surface area is 119 Å². The van der Waals surface area contributed by atoms with E-state index in [4.69, 9.17) is 10.5 Å². The van der Waals surface area contributed by atoms with Gasteiger partial charge < -0.3 is 10.5 Å². The Balaban J connectivity index is 1.91. The molecule has 1 aliphatic heterocycles. The first-order chi connectivity index (χ1) is 9.53. The molecular weight excluding hydrogens is 280 g/mol. The van der Waals surface area contributed by atoms with E-state index in [1.54, 1.807) is 0 Å². The van der Waals surface area contributed by atoms with Crippen LogP contribution in [-0.2, 0) is 21.3 Å². The maximum absolute atomic E-state index is 12.1. The van der Waals surface area contributed by atoms with Crippen LogP contribution in [0.1, 0.15) is 32.6 Å². The lowest BCUT2D eigenvalue weighted by Crippen LogP contribution is -2.29. The van der Waals surface area contributed by atoms with Crippen molar-refractivity contribution < 1.29 is 13.2 Å². The predicted molar refractivity (Wildman–Crippen MR) is 75.7 cm³/mol. The number of hydrogen-bond donors (Lipinski definition) is 2. The highest BCUT2D eigenvalue weighted by molar-refractivity contribution is 7.89. The number of aryl methyl sites for hydroxylation is 1. The highest BCUT2D eigenvalue weighted by atomic mass is 32.2. The molecule has 2 rings (SSSR count). The van der Waals surface area contributed by atoms with Crippen molar-refractivity contribution in [2.24, 2.45) is 0 Å². The van der Waals surface area contributed by atoms with Crippen molar-refractivity contribution in [3.05, 3.63) is 6.20 Å². The number of aromatic nitrogens is 2. The summed E-state index contributed by atoms with van der Waals surface area (Å²) >= 11 is 0. The summed E-state index contributed by atoms with van der Waals surface area (Å²) in [6.45, 7) is 3.57. The molecule has 0 amide bonds. The molecule has 1 fully saturated rings. The van der Waals surface area contributed by atoms with Gasteiger partial charge in [0.25, 0.3) is 0 Å². The molecule has 114 valence electrons. The zero-order chi connectivity index (χ0) is 14.6. The van der Waals surface area contributed by atoms with E-state index in [1.807, 2.05) is 6.92 Å². The van der Waals surface area contributed by atoms with Gasteiger partial charge >= 0.3 is 0 Å². The van der Waals surface area contributed by atoms with E-state index in [0.717, 1.165) is 25.9 Å². The number of rotatable bonds is 6. The Bertz CT molecular complexity index is 535. The Morgan fingerprint density at radius 3 is 2.95 bits per heavy atom. The second-order valence-corrected chi connectivity index (χ2v) is 6.64. The molecule has 7 nitrogen and oxygen atoms in total. The number of anilines is 1. The summed E-state index contributed by atoms with van der Waals surface area (Å²) in [6.07, 6.45) is 5.53. The lowest BCUT2D eigenvalue weighted by atomic mass is 10.1. The molecule has 20 heavy (non-hydrogen) atoms. The van der Waals surface area contributed by atoms with E-state index < -0.39 is 10.0 Å². The zero-order valence-electron chi connectivity index (χ0n) is 11.7. The molecule has 2 heterocycles. The second-order valence-electron chi connectivity index (χ2n) is 4.91. The smallest absolute Gasteiger partial charge is 0.245 e. The van der Waals surface area contributed by atoms with Gasteiger partial charge in [0.15, 0.2) is 5.82 Å². The second kappa shape index (κ2) is 6.55. The molecule has 1 unspecified atom stereocenters. The molecule has 1 atom stereocenters. The standard InChI is InChI=1S/C12H22N4O3S/c1-2-16-9-11(12(13)15-16)20(17,18)14-7-6-10-5-3-4-8-19-10/h9-10,14H,2-8H2,1H3,(H2,13,15). The fraction of sp³-hybridized carbons (Fsp3) is 0.750. The third kappa shape index (κ3) is 3.71. The van der Waals surface area contributed by atoms with Crippen LogP contribution in [0.5, 0.6) is 0 Å². The van der Waals surface area contributed by atoms with Crippen molar-refractivity contribution in [1.82, 2.24) is 14.5 Å². The predicted octanol–water partition coefficient (Wildman–Crippen LogP) is 0.723. The molecule has 0 radical (unpaired) electrons. The van der Waals surface area contributed by atoms with Crippen LogP contribution >= 0.6 is 0 Å². The highest BCUT2D eigenvalue weighted by Crippen LogP contribution is 2.17. The van der Waals surface area contributed by atoms with Gasteiger partial charge in [0.2, 0.25) is 10.0 Å². The van der Waals surface area contributed by atoms with Crippen LogP contribution in [0.25, 0.3) is 0 Å². The first-order valence-corrected chi connectivity index (χ1v) is 8.45. The van der Waals surface area contributed by atoms with Crippen LogP contribution in [0.3, 0.4) is 0 Å². The number of nitrogen functional groups attached to an aromatic ring is 1. The Morgan fingerprint density at radius 2 is 2.35 bits per heavy atom. The SMILES string of the molecule is CCn1cc(S(=O)(=O)NCCC2CCCCO2)c(N)n1. The van der Waals surface area contributed by atoms with Crippen LogP contribution in [0.2, 0.25) is 0 Å². The van der Waals surface area contributed by atoms with E-state index in [0.29, 0.717) is 19.5 Å². The van der Waals surface area contributed by atoms with Crippen molar-refractivity contribution in [2.75, 3.05) is 18.9 Å². The zero-order valence-corrected chi connectivity index (χ0v) is 12.5. The van der Waals surface area contributed by atoms with E-state index in [2.05, 4.69) is 9.82 Å². The van der Waals surface area contributed by atoms with Gasteiger partial charge in [-0.1, -0.05) is 0 Å². The third-order valence-electron chi connectivity index (χ3n) is 3.40. The molecule has 1 aromatic rings. The van der Waals surface area contributed by atoms with E-state index >= 15 is 0 Å². The number of sulfonamides is 1. The third-order valence-corrected chi connectivity index (χ3v) is 4.88. The number of ether oxygens (including phenoxy) is 1. The first kappa shape index (κ1) is 15.3. The van der Waals surface area contributed by atoms with Gasteiger partial charge in [0, 0.05) is 25.9 Å². The number of hydrogen-bond acceptors (Lipinski definition) is 5. The number of nitrogens with two attached hydrogens (primary N) is 1. The van der Waals surface area contributed by atoms with Crippen LogP contribution < -0.4 is 10.5 Å². The first-order valence-electron chi connectivity index (χ1n) is 6.97. The minimum absolute atomic E-state index is 0.0354. The lowest BCUT2D eigenvalue weighted by molar-refractivity contribution is 0.0123. The van der Waals surface area contributed by atoms with Crippen molar-refractivity contribution in [1.29, 1.82) is 0 Å². The summed E-state index contributed by atoms with van der Waals surface area (Å²) in [5.41, 5.74) is 5.64. The topological polar surface area (TPSA) is 99.2 Å². The fourth-order valence-electron chi connectivity index (χ4n) is 2.25. The summed E-state index contributed by atoms with van der Waals surface area (Å²) in [5.74, 6) is 0.0354. The van der Waals surface area contributed by atoms with Crippen molar-refractivity contribution in [2.45, 2.75) is 50.2 Å². The molecular formula is C12H22N4O3S. The van der Waals surface area contributed by atoms with Gasteiger partial charge in [-0.05, 0) is 32.6 Å².